The second kappa shape index (κ2) is 4.65. The second-order valence-corrected chi connectivity index (χ2v) is 4.33. The SMILES string of the molecule is CC(=O)c1ccc([C@H]2CCNC(=O)C2)c(F)c1. The minimum absolute atomic E-state index is 0.0451. The molecule has 1 aliphatic rings. The fourth-order valence-electron chi connectivity index (χ4n) is 2.13. The molecule has 1 fully saturated rings. The summed E-state index contributed by atoms with van der Waals surface area (Å²) in [6.07, 6.45) is 1.05. The van der Waals surface area contributed by atoms with Crippen molar-refractivity contribution in [3.8, 4) is 0 Å². The highest BCUT2D eigenvalue weighted by molar-refractivity contribution is 5.94. The van der Waals surface area contributed by atoms with Gasteiger partial charge in [0.2, 0.25) is 5.91 Å². The fraction of sp³-hybridized carbons (Fsp3) is 0.385. The normalized spacial score (nSPS) is 19.9. The number of piperidine rings is 1. The summed E-state index contributed by atoms with van der Waals surface area (Å²) in [5.41, 5.74) is 0.899. The van der Waals surface area contributed by atoms with Crippen LogP contribution in [0.15, 0.2) is 18.2 Å². The van der Waals surface area contributed by atoms with E-state index in [1.807, 2.05) is 0 Å². The van der Waals surface area contributed by atoms with Gasteiger partial charge in [-0.3, -0.25) is 9.59 Å². The van der Waals surface area contributed by atoms with Crippen LogP contribution in [0.3, 0.4) is 0 Å². The van der Waals surface area contributed by atoms with Crippen LogP contribution in [-0.2, 0) is 4.79 Å². The molecule has 1 N–H and O–H groups in total. The topological polar surface area (TPSA) is 46.2 Å². The number of carbonyl (C=O) groups excluding carboxylic acids is 2. The molecule has 0 spiro atoms. The van der Waals surface area contributed by atoms with Gasteiger partial charge in [0.25, 0.3) is 0 Å². The van der Waals surface area contributed by atoms with E-state index >= 15 is 0 Å². The molecule has 3 nitrogen and oxygen atoms in total. The Hall–Kier alpha value is -1.71. The number of Topliss-reactive ketones (excluding diaryl/α,β-unsaturated/α-hetero) is 1. The first-order valence-corrected chi connectivity index (χ1v) is 5.65. The van der Waals surface area contributed by atoms with Crippen LogP contribution in [0.4, 0.5) is 4.39 Å². The Labute approximate surface area is 99.0 Å². The molecule has 0 radical (unpaired) electrons. The van der Waals surface area contributed by atoms with Crippen LogP contribution in [0.1, 0.15) is 41.6 Å². The van der Waals surface area contributed by atoms with Crippen LogP contribution in [0, 0.1) is 5.82 Å². The third-order valence-electron chi connectivity index (χ3n) is 3.09. The molecular weight excluding hydrogens is 221 g/mol. The van der Waals surface area contributed by atoms with E-state index in [-0.39, 0.29) is 17.6 Å². The van der Waals surface area contributed by atoms with Crippen LogP contribution in [-0.4, -0.2) is 18.2 Å². The third kappa shape index (κ3) is 2.52. The quantitative estimate of drug-likeness (QED) is 0.797. The van der Waals surface area contributed by atoms with Gasteiger partial charge in [0.05, 0.1) is 0 Å². The summed E-state index contributed by atoms with van der Waals surface area (Å²) in [5, 5.41) is 2.72. The monoisotopic (exact) mass is 235 g/mol. The molecule has 0 saturated carbocycles. The molecule has 1 atom stereocenters. The Kier molecular flexibility index (Phi) is 3.22. The Morgan fingerprint density at radius 3 is 2.82 bits per heavy atom. The maximum Gasteiger partial charge on any atom is 0.220 e. The number of halogens is 1. The van der Waals surface area contributed by atoms with Gasteiger partial charge in [-0.2, -0.15) is 0 Å². The van der Waals surface area contributed by atoms with Crippen molar-refractivity contribution in [3.63, 3.8) is 0 Å². The van der Waals surface area contributed by atoms with Crippen LogP contribution >= 0.6 is 0 Å². The molecule has 1 aromatic rings. The van der Waals surface area contributed by atoms with Crippen LogP contribution in [0.2, 0.25) is 0 Å². The molecule has 1 aliphatic heterocycles. The van der Waals surface area contributed by atoms with Crippen molar-refractivity contribution in [1.82, 2.24) is 5.32 Å². The van der Waals surface area contributed by atoms with Gasteiger partial charge >= 0.3 is 0 Å². The van der Waals surface area contributed by atoms with E-state index in [1.165, 1.54) is 13.0 Å². The summed E-state index contributed by atoms with van der Waals surface area (Å²) < 4.78 is 13.8. The van der Waals surface area contributed by atoms with Gasteiger partial charge in [-0.25, -0.2) is 4.39 Å². The van der Waals surface area contributed by atoms with Gasteiger partial charge in [0, 0.05) is 18.5 Å². The maximum atomic E-state index is 13.8. The first kappa shape index (κ1) is 11.8. The lowest BCUT2D eigenvalue weighted by atomic mass is 9.88. The maximum absolute atomic E-state index is 13.8. The van der Waals surface area contributed by atoms with Crippen LogP contribution in [0.5, 0.6) is 0 Å². The summed E-state index contributed by atoms with van der Waals surface area (Å²) in [4.78, 5) is 22.4. The van der Waals surface area contributed by atoms with Crippen molar-refractivity contribution in [2.45, 2.75) is 25.7 Å². The van der Waals surface area contributed by atoms with Crippen molar-refractivity contribution in [2.75, 3.05) is 6.54 Å². The highest BCUT2D eigenvalue weighted by atomic mass is 19.1. The predicted molar refractivity (Wildman–Crippen MR) is 61.4 cm³/mol. The molecule has 17 heavy (non-hydrogen) atoms. The van der Waals surface area contributed by atoms with Crippen molar-refractivity contribution >= 4 is 11.7 Å². The van der Waals surface area contributed by atoms with E-state index in [0.29, 0.717) is 24.1 Å². The molecule has 0 aliphatic carbocycles. The summed E-state index contributed by atoms with van der Waals surface area (Å²) >= 11 is 0. The number of benzene rings is 1. The van der Waals surface area contributed by atoms with E-state index in [9.17, 15) is 14.0 Å². The number of carbonyl (C=O) groups is 2. The molecule has 0 bridgehead atoms. The molecule has 0 aromatic heterocycles. The molecule has 0 unspecified atom stereocenters. The Bertz CT molecular complexity index is 470. The lowest BCUT2D eigenvalue weighted by Crippen LogP contribution is -2.32. The number of nitrogens with one attached hydrogen (secondary N) is 1. The van der Waals surface area contributed by atoms with E-state index in [4.69, 9.17) is 0 Å². The highest BCUT2D eigenvalue weighted by Crippen LogP contribution is 2.28. The summed E-state index contributed by atoms with van der Waals surface area (Å²) in [6.45, 7) is 1.99. The second-order valence-electron chi connectivity index (χ2n) is 4.33. The molecular formula is C13H14FNO2. The minimum Gasteiger partial charge on any atom is -0.356 e. The molecule has 1 heterocycles. The van der Waals surface area contributed by atoms with E-state index in [2.05, 4.69) is 5.32 Å². The largest absolute Gasteiger partial charge is 0.356 e. The van der Waals surface area contributed by atoms with Gasteiger partial charge in [-0.15, -0.1) is 0 Å². The van der Waals surface area contributed by atoms with Crippen LogP contribution < -0.4 is 5.32 Å². The number of hydrogen-bond acceptors (Lipinski definition) is 2. The lowest BCUT2D eigenvalue weighted by Gasteiger charge is -2.22. The lowest BCUT2D eigenvalue weighted by molar-refractivity contribution is -0.122. The Morgan fingerprint density at radius 2 is 2.24 bits per heavy atom. The van der Waals surface area contributed by atoms with Gasteiger partial charge < -0.3 is 5.32 Å². The molecule has 1 aromatic carbocycles. The van der Waals surface area contributed by atoms with Crippen molar-refractivity contribution < 1.29 is 14.0 Å². The smallest absolute Gasteiger partial charge is 0.220 e. The predicted octanol–water partition coefficient (Wildman–Crippen LogP) is 2.02. The summed E-state index contributed by atoms with van der Waals surface area (Å²) in [5.74, 6) is -0.671. The van der Waals surface area contributed by atoms with E-state index in [1.54, 1.807) is 12.1 Å². The van der Waals surface area contributed by atoms with Gasteiger partial charge in [-0.1, -0.05) is 12.1 Å². The van der Waals surface area contributed by atoms with Gasteiger partial charge in [0.1, 0.15) is 5.82 Å². The molecule has 90 valence electrons. The van der Waals surface area contributed by atoms with Crippen molar-refractivity contribution in [3.05, 3.63) is 35.1 Å². The van der Waals surface area contributed by atoms with Crippen LogP contribution in [0.25, 0.3) is 0 Å². The zero-order chi connectivity index (χ0) is 12.4. The summed E-state index contributed by atoms with van der Waals surface area (Å²) in [7, 11) is 0. The standard InChI is InChI=1S/C13H14FNO2/c1-8(16)9-2-3-11(12(14)6-9)10-4-5-15-13(17)7-10/h2-3,6,10H,4-5,7H2,1H3,(H,15,17)/t10-/m0/s1. The zero-order valence-electron chi connectivity index (χ0n) is 9.63. The van der Waals surface area contributed by atoms with E-state index in [0.717, 1.165) is 6.42 Å². The third-order valence-corrected chi connectivity index (χ3v) is 3.09. The first-order chi connectivity index (χ1) is 8.08. The van der Waals surface area contributed by atoms with E-state index < -0.39 is 5.82 Å². The average molecular weight is 235 g/mol. The minimum atomic E-state index is -0.391. The number of rotatable bonds is 2. The molecule has 2 rings (SSSR count). The van der Waals surface area contributed by atoms with Crippen molar-refractivity contribution in [2.24, 2.45) is 0 Å². The Morgan fingerprint density at radius 1 is 1.47 bits per heavy atom. The molecule has 1 saturated heterocycles. The number of amides is 1. The first-order valence-electron chi connectivity index (χ1n) is 5.65. The van der Waals surface area contributed by atoms with Gasteiger partial charge in [0.15, 0.2) is 5.78 Å². The molecule has 4 heteroatoms. The average Bonchev–Trinajstić information content (AvgIpc) is 2.28. The zero-order valence-corrected chi connectivity index (χ0v) is 9.63. The molecule has 1 amide bonds. The van der Waals surface area contributed by atoms with Gasteiger partial charge in [-0.05, 0) is 30.9 Å². The number of ketones is 1. The number of hydrogen-bond donors (Lipinski definition) is 1. The Balaban J connectivity index is 2.26. The summed E-state index contributed by atoms with van der Waals surface area (Å²) in [6, 6.07) is 4.49. The van der Waals surface area contributed by atoms with Crippen molar-refractivity contribution in [1.29, 1.82) is 0 Å². The highest BCUT2D eigenvalue weighted by Gasteiger charge is 2.23. The fourth-order valence-corrected chi connectivity index (χ4v) is 2.13.